The Bertz CT molecular complexity index is 1090. The van der Waals surface area contributed by atoms with Gasteiger partial charge < -0.3 is 19.6 Å². The second-order valence-corrected chi connectivity index (χ2v) is 7.77. The molecule has 0 aliphatic carbocycles. The summed E-state index contributed by atoms with van der Waals surface area (Å²) in [4.78, 5) is 28.0. The largest absolute Gasteiger partial charge is 0.478 e. The van der Waals surface area contributed by atoms with Crippen LogP contribution in [-0.2, 0) is 16.1 Å². The van der Waals surface area contributed by atoms with Gasteiger partial charge in [-0.05, 0) is 34.9 Å². The standard InChI is InChI=1S/C26H26N2O4/c1-19(29)28(18-20-7-9-22(10-8-20)21-5-3-2-4-6-21)23-11-12-25(24(17-23)26(30)31)27-13-15-32-16-14-27/h2-12,17H,13-16,18H2,1H3,(H,30,31). The molecule has 0 bridgehead atoms. The van der Waals surface area contributed by atoms with Crippen molar-refractivity contribution in [2.24, 2.45) is 0 Å². The molecule has 0 saturated carbocycles. The summed E-state index contributed by atoms with van der Waals surface area (Å²) in [7, 11) is 0. The Morgan fingerprint density at radius 2 is 1.59 bits per heavy atom. The number of morpholine rings is 1. The van der Waals surface area contributed by atoms with Crippen molar-refractivity contribution in [2.75, 3.05) is 36.1 Å². The first kappa shape index (κ1) is 21.6. The van der Waals surface area contributed by atoms with Gasteiger partial charge in [-0.2, -0.15) is 0 Å². The number of hydrogen-bond donors (Lipinski definition) is 1. The van der Waals surface area contributed by atoms with Crippen LogP contribution in [0.5, 0.6) is 0 Å². The molecule has 1 aliphatic rings. The zero-order chi connectivity index (χ0) is 22.5. The first-order chi connectivity index (χ1) is 15.5. The molecule has 164 valence electrons. The molecule has 1 heterocycles. The number of amides is 1. The van der Waals surface area contributed by atoms with Gasteiger partial charge in [0.15, 0.2) is 0 Å². The summed E-state index contributed by atoms with van der Waals surface area (Å²) >= 11 is 0. The molecule has 0 atom stereocenters. The van der Waals surface area contributed by atoms with E-state index in [-0.39, 0.29) is 11.5 Å². The summed E-state index contributed by atoms with van der Waals surface area (Å²) in [5, 5.41) is 9.81. The number of carbonyl (C=O) groups excluding carboxylic acids is 1. The molecule has 0 radical (unpaired) electrons. The molecule has 0 spiro atoms. The van der Waals surface area contributed by atoms with Gasteiger partial charge in [-0.25, -0.2) is 4.79 Å². The van der Waals surface area contributed by atoms with E-state index in [4.69, 9.17) is 4.74 Å². The Kier molecular flexibility index (Phi) is 6.52. The third-order valence-corrected chi connectivity index (χ3v) is 5.66. The van der Waals surface area contributed by atoms with Crippen LogP contribution in [0.4, 0.5) is 11.4 Å². The number of aromatic carboxylic acids is 1. The quantitative estimate of drug-likeness (QED) is 0.626. The van der Waals surface area contributed by atoms with Crippen LogP contribution in [0.25, 0.3) is 11.1 Å². The third kappa shape index (κ3) is 4.81. The van der Waals surface area contributed by atoms with E-state index in [0.717, 1.165) is 16.7 Å². The molecule has 1 amide bonds. The van der Waals surface area contributed by atoms with E-state index in [2.05, 4.69) is 12.1 Å². The van der Waals surface area contributed by atoms with E-state index < -0.39 is 5.97 Å². The lowest BCUT2D eigenvalue weighted by Gasteiger charge is -2.31. The minimum atomic E-state index is -1.01. The molecular formula is C26H26N2O4. The fourth-order valence-electron chi connectivity index (χ4n) is 3.94. The monoisotopic (exact) mass is 430 g/mol. The maximum absolute atomic E-state index is 12.5. The topological polar surface area (TPSA) is 70.1 Å². The summed E-state index contributed by atoms with van der Waals surface area (Å²) in [6.07, 6.45) is 0. The molecule has 0 aromatic heterocycles. The lowest BCUT2D eigenvalue weighted by atomic mass is 10.0. The Balaban J connectivity index is 1.59. The zero-order valence-electron chi connectivity index (χ0n) is 18.0. The maximum Gasteiger partial charge on any atom is 0.337 e. The number of hydrogen-bond acceptors (Lipinski definition) is 4. The highest BCUT2D eigenvalue weighted by Crippen LogP contribution is 2.29. The molecule has 1 N–H and O–H groups in total. The molecule has 4 rings (SSSR count). The van der Waals surface area contributed by atoms with E-state index in [9.17, 15) is 14.7 Å². The van der Waals surface area contributed by atoms with Crippen LogP contribution in [0.2, 0.25) is 0 Å². The van der Waals surface area contributed by atoms with Crippen LogP contribution in [0.3, 0.4) is 0 Å². The molecule has 3 aromatic carbocycles. The number of nitrogens with zero attached hydrogens (tertiary/aromatic N) is 2. The number of carbonyl (C=O) groups is 2. The summed E-state index contributed by atoms with van der Waals surface area (Å²) in [5.74, 6) is -1.16. The number of anilines is 2. The van der Waals surface area contributed by atoms with Crippen molar-refractivity contribution in [3.8, 4) is 11.1 Å². The van der Waals surface area contributed by atoms with Gasteiger partial charge in [-0.15, -0.1) is 0 Å². The van der Waals surface area contributed by atoms with E-state index in [1.807, 2.05) is 53.4 Å². The highest BCUT2D eigenvalue weighted by Gasteiger charge is 2.21. The van der Waals surface area contributed by atoms with Crippen molar-refractivity contribution in [3.05, 3.63) is 83.9 Å². The Morgan fingerprint density at radius 3 is 2.22 bits per heavy atom. The van der Waals surface area contributed by atoms with Gasteiger partial charge in [0.2, 0.25) is 5.91 Å². The van der Waals surface area contributed by atoms with Crippen LogP contribution < -0.4 is 9.80 Å². The number of ether oxygens (including phenoxy) is 1. The zero-order valence-corrected chi connectivity index (χ0v) is 18.0. The highest BCUT2D eigenvalue weighted by molar-refractivity contribution is 5.98. The lowest BCUT2D eigenvalue weighted by Crippen LogP contribution is -2.37. The average Bonchev–Trinajstić information content (AvgIpc) is 2.83. The van der Waals surface area contributed by atoms with Crippen molar-refractivity contribution in [3.63, 3.8) is 0 Å². The van der Waals surface area contributed by atoms with Crippen molar-refractivity contribution >= 4 is 23.3 Å². The molecule has 1 saturated heterocycles. The predicted octanol–water partition coefficient (Wildman–Crippen LogP) is 4.44. The first-order valence-electron chi connectivity index (χ1n) is 10.7. The molecule has 6 heteroatoms. The molecule has 32 heavy (non-hydrogen) atoms. The average molecular weight is 431 g/mol. The van der Waals surface area contributed by atoms with E-state index in [0.29, 0.717) is 44.2 Å². The SMILES string of the molecule is CC(=O)N(Cc1ccc(-c2ccccc2)cc1)c1ccc(N2CCOCC2)c(C(=O)O)c1. The van der Waals surface area contributed by atoms with Crippen LogP contribution >= 0.6 is 0 Å². The minimum absolute atomic E-state index is 0.146. The van der Waals surface area contributed by atoms with Crippen LogP contribution in [0.1, 0.15) is 22.8 Å². The molecule has 0 unspecified atom stereocenters. The van der Waals surface area contributed by atoms with Crippen molar-refractivity contribution in [1.29, 1.82) is 0 Å². The Morgan fingerprint density at radius 1 is 0.938 bits per heavy atom. The van der Waals surface area contributed by atoms with Crippen molar-refractivity contribution < 1.29 is 19.4 Å². The summed E-state index contributed by atoms with van der Waals surface area (Å²) in [6.45, 7) is 4.28. The highest BCUT2D eigenvalue weighted by atomic mass is 16.5. The van der Waals surface area contributed by atoms with Gasteiger partial charge in [0.25, 0.3) is 0 Å². The van der Waals surface area contributed by atoms with E-state index in [1.165, 1.54) is 6.92 Å². The van der Waals surface area contributed by atoms with Gasteiger partial charge in [-0.1, -0.05) is 54.6 Å². The second kappa shape index (κ2) is 9.66. The first-order valence-corrected chi connectivity index (χ1v) is 10.7. The molecule has 1 fully saturated rings. The smallest absolute Gasteiger partial charge is 0.337 e. The van der Waals surface area contributed by atoms with Gasteiger partial charge in [0.05, 0.1) is 31.0 Å². The van der Waals surface area contributed by atoms with Gasteiger partial charge in [0, 0.05) is 25.7 Å². The molecular weight excluding hydrogens is 404 g/mol. The third-order valence-electron chi connectivity index (χ3n) is 5.66. The maximum atomic E-state index is 12.5. The molecule has 1 aliphatic heterocycles. The van der Waals surface area contributed by atoms with E-state index in [1.54, 1.807) is 17.0 Å². The Labute approximate surface area is 187 Å². The molecule has 3 aromatic rings. The van der Waals surface area contributed by atoms with E-state index >= 15 is 0 Å². The normalized spacial score (nSPS) is 13.6. The van der Waals surface area contributed by atoms with Gasteiger partial charge >= 0.3 is 5.97 Å². The predicted molar refractivity (Wildman–Crippen MR) is 125 cm³/mol. The van der Waals surface area contributed by atoms with Crippen LogP contribution in [0.15, 0.2) is 72.8 Å². The minimum Gasteiger partial charge on any atom is -0.478 e. The van der Waals surface area contributed by atoms with Crippen molar-refractivity contribution in [1.82, 2.24) is 0 Å². The van der Waals surface area contributed by atoms with Crippen molar-refractivity contribution in [2.45, 2.75) is 13.5 Å². The Hall–Kier alpha value is -3.64. The van der Waals surface area contributed by atoms with Crippen LogP contribution in [0, 0.1) is 0 Å². The number of rotatable bonds is 6. The number of benzene rings is 3. The number of carboxylic acid groups (broad SMARTS) is 1. The summed E-state index contributed by atoms with van der Waals surface area (Å²) in [6, 6.07) is 23.4. The summed E-state index contributed by atoms with van der Waals surface area (Å²) in [5.41, 5.74) is 4.61. The second-order valence-electron chi connectivity index (χ2n) is 7.77. The lowest BCUT2D eigenvalue weighted by molar-refractivity contribution is -0.116. The molecule has 6 nitrogen and oxygen atoms in total. The van der Waals surface area contributed by atoms with Crippen LogP contribution in [-0.4, -0.2) is 43.3 Å². The fraction of sp³-hybridized carbons (Fsp3) is 0.231. The number of carboxylic acids is 1. The van der Waals surface area contributed by atoms with Gasteiger partial charge in [0.1, 0.15) is 0 Å². The van der Waals surface area contributed by atoms with Gasteiger partial charge in [-0.3, -0.25) is 4.79 Å². The fourth-order valence-corrected chi connectivity index (χ4v) is 3.94. The summed E-state index contributed by atoms with van der Waals surface area (Å²) < 4.78 is 5.38.